The number of aromatic nitrogens is 1. The number of hydrogen-bond acceptors (Lipinski definition) is 5. The highest BCUT2D eigenvalue weighted by atomic mass is 32.1. The zero-order chi connectivity index (χ0) is 17.3. The number of imide groups is 1. The van der Waals surface area contributed by atoms with Gasteiger partial charge in [0, 0.05) is 23.7 Å². The van der Waals surface area contributed by atoms with Crippen LogP contribution in [0.1, 0.15) is 57.7 Å². The first kappa shape index (κ1) is 16.8. The molecule has 24 heavy (non-hydrogen) atoms. The van der Waals surface area contributed by atoms with Gasteiger partial charge in [-0.05, 0) is 39.3 Å². The first-order valence-corrected chi connectivity index (χ1v) is 8.98. The molecule has 1 N–H and O–H groups in total. The van der Waals surface area contributed by atoms with Gasteiger partial charge in [0.1, 0.15) is 5.01 Å². The van der Waals surface area contributed by atoms with Crippen molar-refractivity contribution >= 4 is 23.2 Å². The molecule has 6 heteroatoms. The Morgan fingerprint density at radius 3 is 2.33 bits per heavy atom. The van der Waals surface area contributed by atoms with Gasteiger partial charge in [0.15, 0.2) is 0 Å². The molecule has 2 aromatic rings. The second-order valence-electron chi connectivity index (χ2n) is 6.21. The normalized spacial score (nSPS) is 16.4. The van der Waals surface area contributed by atoms with Crippen LogP contribution in [0, 0.1) is 6.92 Å². The standard InChI is InChI=1S/C18H21N3O2S/c1-11(19-13(3)16-20-12(2)10-24-16)8-9-21-17(22)14-6-4-5-7-15(14)18(21)23/h4-7,10-11,13,19H,8-9H2,1-3H3/t11-,13+/m1/s1. The van der Waals surface area contributed by atoms with Crippen LogP contribution in [0.4, 0.5) is 0 Å². The minimum absolute atomic E-state index is 0.154. The monoisotopic (exact) mass is 343 g/mol. The quantitative estimate of drug-likeness (QED) is 0.818. The van der Waals surface area contributed by atoms with Gasteiger partial charge in [-0.3, -0.25) is 14.5 Å². The predicted molar refractivity (Wildman–Crippen MR) is 94.3 cm³/mol. The summed E-state index contributed by atoms with van der Waals surface area (Å²) in [5.41, 5.74) is 2.05. The van der Waals surface area contributed by atoms with Gasteiger partial charge >= 0.3 is 0 Å². The smallest absolute Gasteiger partial charge is 0.261 e. The van der Waals surface area contributed by atoms with E-state index in [0.29, 0.717) is 24.1 Å². The minimum atomic E-state index is -0.189. The summed E-state index contributed by atoms with van der Waals surface area (Å²) in [6, 6.07) is 7.33. The van der Waals surface area contributed by atoms with Crippen molar-refractivity contribution in [2.45, 2.75) is 39.3 Å². The van der Waals surface area contributed by atoms with E-state index in [4.69, 9.17) is 0 Å². The van der Waals surface area contributed by atoms with E-state index >= 15 is 0 Å². The Balaban J connectivity index is 1.56. The highest BCUT2D eigenvalue weighted by Crippen LogP contribution is 2.23. The Bertz CT molecular complexity index is 736. The van der Waals surface area contributed by atoms with E-state index in [1.807, 2.05) is 12.3 Å². The lowest BCUT2D eigenvalue weighted by Gasteiger charge is -2.21. The Kier molecular flexibility index (Phi) is 4.78. The fourth-order valence-electron chi connectivity index (χ4n) is 2.92. The van der Waals surface area contributed by atoms with Crippen LogP contribution in [0.15, 0.2) is 29.6 Å². The van der Waals surface area contributed by atoms with Gasteiger partial charge in [-0.25, -0.2) is 4.98 Å². The Morgan fingerprint density at radius 2 is 1.79 bits per heavy atom. The van der Waals surface area contributed by atoms with Gasteiger partial charge < -0.3 is 5.32 Å². The molecule has 126 valence electrons. The number of amides is 2. The van der Waals surface area contributed by atoms with Crippen molar-refractivity contribution in [2.75, 3.05) is 6.54 Å². The molecule has 0 bridgehead atoms. The molecule has 0 saturated carbocycles. The van der Waals surface area contributed by atoms with Crippen molar-refractivity contribution in [3.8, 4) is 0 Å². The van der Waals surface area contributed by atoms with E-state index < -0.39 is 0 Å². The van der Waals surface area contributed by atoms with Crippen LogP contribution in [0.25, 0.3) is 0 Å². The number of carbonyl (C=O) groups is 2. The second kappa shape index (κ2) is 6.83. The number of nitrogens with one attached hydrogen (secondary N) is 1. The molecule has 2 atom stereocenters. The summed E-state index contributed by atoms with van der Waals surface area (Å²) in [4.78, 5) is 30.5. The summed E-state index contributed by atoms with van der Waals surface area (Å²) < 4.78 is 0. The lowest BCUT2D eigenvalue weighted by molar-refractivity contribution is 0.0649. The molecule has 0 radical (unpaired) electrons. The molecular weight excluding hydrogens is 322 g/mol. The highest BCUT2D eigenvalue weighted by molar-refractivity contribution is 7.09. The van der Waals surface area contributed by atoms with Crippen molar-refractivity contribution in [3.63, 3.8) is 0 Å². The number of benzene rings is 1. The van der Waals surface area contributed by atoms with E-state index in [1.165, 1.54) is 4.90 Å². The topological polar surface area (TPSA) is 62.3 Å². The summed E-state index contributed by atoms with van der Waals surface area (Å²) in [6.07, 6.45) is 0.708. The summed E-state index contributed by atoms with van der Waals surface area (Å²) in [5, 5.41) is 6.58. The van der Waals surface area contributed by atoms with Gasteiger partial charge in [0.2, 0.25) is 0 Å². The molecule has 0 spiro atoms. The number of aryl methyl sites for hydroxylation is 1. The highest BCUT2D eigenvalue weighted by Gasteiger charge is 2.34. The van der Waals surface area contributed by atoms with Crippen LogP contribution in [0.2, 0.25) is 0 Å². The molecule has 1 aromatic heterocycles. The molecule has 2 amide bonds. The number of carbonyl (C=O) groups excluding carboxylic acids is 2. The predicted octanol–water partition coefficient (Wildman–Crippen LogP) is 3.18. The van der Waals surface area contributed by atoms with Gasteiger partial charge in [-0.1, -0.05) is 12.1 Å². The summed E-state index contributed by atoms with van der Waals surface area (Å²) in [5.74, 6) is -0.377. The van der Waals surface area contributed by atoms with Gasteiger partial charge in [0.05, 0.1) is 17.2 Å². The molecule has 1 aliphatic rings. The molecule has 0 unspecified atom stereocenters. The summed E-state index contributed by atoms with van der Waals surface area (Å²) >= 11 is 1.64. The molecular formula is C18H21N3O2S. The van der Waals surface area contributed by atoms with E-state index in [-0.39, 0.29) is 23.9 Å². The molecule has 2 heterocycles. The molecule has 1 aliphatic heterocycles. The third kappa shape index (κ3) is 3.25. The van der Waals surface area contributed by atoms with Crippen molar-refractivity contribution in [1.29, 1.82) is 0 Å². The minimum Gasteiger partial charge on any atom is -0.306 e. The zero-order valence-corrected chi connectivity index (χ0v) is 14.9. The molecule has 1 aromatic carbocycles. The first-order valence-electron chi connectivity index (χ1n) is 8.10. The Labute approximate surface area is 145 Å². The zero-order valence-electron chi connectivity index (χ0n) is 14.1. The van der Waals surface area contributed by atoms with Crippen LogP contribution in [0.5, 0.6) is 0 Å². The molecule has 3 rings (SSSR count). The number of rotatable bonds is 6. The second-order valence-corrected chi connectivity index (χ2v) is 7.10. The third-order valence-corrected chi connectivity index (χ3v) is 5.35. The SMILES string of the molecule is Cc1csc([C@H](C)N[C@H](C)CCN2C(=O)c3ccccc3C2=O)n1. The largest absolute Gasteiger partial charge is 0.306 e. The maximum absolute atomic E-state index is 12.3. The maximum Gasteiger partial charge on any atom is 0.261 e. The van der Waals surface area contributed by atoms with Crippen molar-refractivity contribution < 1.29 is 9.59 Å². The Hall–Kier alpha value is -2.05. The molecule has 0 fully saturated rings. The fourth-order valence-corrected chi connectivity index (χ4v) is 3.73. The molecule has 5 nitrogen and oxygen atoms in total. The van der Waals surface area contributed by atoms with Gasteiger partial charge in [0.25, 0.3) is 11.8 Å². The number of thiazole rings is 1. The van der Waals surface area contributed by atoms with Crippen LogP contribution in [0.3, 0.4) is 0 Å². The van der Waals surface area contributed by atoms with Crippen LogP contribution in [-0.2, 0) is 0 Å². The number of fused-ring (bicyclic) bond motifs is 1. The van der Waals surface area contributed by atoms with Crippen LogP contribution in [-0.4, -0.2) is 34.3 Å². The van der Waals surface area contributed by atoms with E-state index in [2.05, 4.69) is 24.1 Å². The number of nitrogens with zero attached hydrogens (tertiary/aromatic N) is 2. The fraction of sp³-hybridized carbons (Fsp3) is 0.389. The average Bonchev–Trinajstić information content (AvgIpc) is 3.10. The van der Waals surface area contributed by atoms with Gasteiger partial charge in [-0.15, -0.1) is 11.3 Å². The van der Waals surface area contributed by atoms with Crippen LogP contribution < -0.4 is 5.32 Å². The van der Waals surface area contributed by atoms with Gasteiger partial charge in [-0.2, -0.15) is 0 Å². The lowest BCUT2D eigenvalue weighted by atomic mass is 10.1. The van der Waals surface area contributed by atoms with Crippen molar-refractivity contribution in [1.82, 2.24) is 15.2 Å². The summed E-state index contributed by atoms with van der Waals surface area (Å²) in [6.45, 7) is 6.55. The first-order chi connectivity index (χ1) is 11.5. The Morgan fingerprint density at radius 1 is 1.17 bits per heavy atom. The van der Waals surface area contributed by atoms with Crippen molar-refractivity contribution in [2.24, 2.45) is 0 Å². The average molecular weight is 343 g/mol. The molecule has 0 aliphatic carbocycles. The third-order valence-electron chi connectivity index (χ3n) is 4.21. The number of hydrogen-bond donors (Lipinski definition) is 1. The summed E-state index contributed by atoms with van der Waals surface area (Å²) in [7, 11) is 0. The van der Waals surface area contributed by atoms with E-state index in [9.17, 15) is 9.59 Å². The van der Waals surface area contributed by atoms with Crippen LogP contribution >= 0.6 is 11.3 Å². The van der Waals surface area contributed by atoms with E-state index in [0.717, 1.165) is 10.7 Å². The molecule has 0 saturated heterocycles. The van der Waals surface area contributed by atoms with E-state index in [1.54, 1.807) is 35.6 Å². The lowest BCUT2D eigenvalue weighted by Crippen LogP contribution is -2.36. The maximum atomic E-state index is 12.3. The van der Waals surface area contributed by atoms with Crippen molar-refractivity contribution in [3.05, 3.63) is 51.5 Å².